The lowest BCUT2D eigenvalue weighted by atomic mass is 10.2. The van der Waals surface area contributed by atoms with Crippen molar-refractivity contribution in [2.24, 2.45) is 0 Å². The molecule has 2 N–H and O–H groups in total. The third-order valence-corrected chi connectivity index (χ3v) is 3.45. The third-order valence-electron chi connectivity index (χ3n) is 2.95. The van der Waals surface area contributed by atoms with E-state index in [9.17, 15) is 0 Å². The van der Waals surface area contributed by atoms with Crippen LogP contribution >= 0.6 is 15.9 Å². The highest BCUT2D eigenvalue weighted by atomic mass is 79.9. The predicted molar refractivity (Wildman–Crippen MR) is 81.8 cm³/mol. The SMILES string of the molecule is COCCC[NH2+]CCCCOc1ccc(Br)cc1C. The molecule has 108 valence electrons. The summed E-state index contributed by atoms with van der Waals surface area (Å²) in [5.41, 5.74) is 1.18. The Balaban J connectivity index is 2.01. The molecule has 19 heavy (non-hydrogen) atoms. The van der Waals surface area contributed by atoms with Gasteiger partial charge in [0.1, 0.15) is 5.75 Å². The fourth-order valence-corrected chi connectivity index (χ4v) is 2.34. The molecule has 0 aliphatic rings. The zero-order chi connectivity index (χ0) is 13.9. The minimum absolute atomic E-state index is 0.800. The van der Waals surface area contributed by atoms with E-state index in [0.717, 1.165) is 42.8 Å². The monoisotopic (exact) mass is 330 g/mol. The van der Waals surface area contributed by atoms with Crippen LogP contribution in [0.4, 0.5) is 0 Å². The van der Waals surface area contributed by atoms with Gasteiger partial charge in [-0.25, -0.2) is 0 Å². The van der Waals surface area contributed by atoms with Crippen LogP contribution in [0.2, 0.25) is 0 Å². The second-order valence-corrected chi connectivity index (χ2v) is 5.59. The van der Waals surface area contributed by atoms with Crippen LogP contribution in [0, 0.1) is 6.92 Å². The number of hydrogen-bond donors (Lipinski definition) is 1. The van der Waals surface area contributed by atoms with Gasteiger partial charge < -0.3 is 14.8 Å². The number of unbranched alkanes of at least 4 members (excludes halogenated alkanes) is 1. The summed E-state index contributed by atoms with van der Waals surface area (Å²) in [6, 6.07) is 6.13. The highest BCUT2D eigenvalue weighted by Gasteiger charge is 2.00. The first-order chi connectivity index (χ1) is 9.24. The van der Waals surface area contributed by atoms with Gasteiger partial charge in [0.25, 0.3) is 0 Å². The van der Waals surface area contributed by atoms with Gasteiger partial charge in [0.2, 0.25) is 0 Å². The number of aryl methyl sites for hydroxylation is 1. The molecule has 0 radical (unpaired) electrons. The van der Waals surface area contributed by atoms with Gasteiger partial charge in [-0.15, -0.1) is 0 Å². The first-order valence-corrected chi connectivity index (χ1v) is 7.73. The Morgan fingerprint density at radius 2 is 1.89 bits per heavy atom. The van der Waals surface area contributed by atoms with Crippen molar-refractivity contribution in [1.29, 1.82) is 0 Å². The maximum Gasteiger partial charge on any atom is 0.122 e. The van der Waals surface area contributed by atoms with E-state index < -0.39 is 0 Å². The zero-order valence-electron chi connectivity index (χ0n) is 12.0. The van der Waals surface area contributed by atoms with Crippen LogP contribution in [0.3, 0.4) is 0 Å². The van der Waals surface area contributed by atoms with Gasteiger partial charge in [-0.2, -0.15) is 0 Å². The summed E-state index contributed by atoms with van der Waals surface area (Å²) in [5, 5.41) is 2.35. The molecule has 0 fully saturated rings. The van der Waals surface area contributed by atoms with Crippen molar-refractivity contribution in [2.75, 3.05) is 33.4 Å². The lowest BCUT2D eigenvalue weighted by Gasteiger charge is -2.09. The Morgan fingerprint density at radius 3 is 2.63 bits per heavy atom. The molecule has 1 aromatic carbocycles. The second-order valence-electron chi connectivity index (χ2n) is 4.68. The molecule has 0 aromatic heterocycles. The first kappa shape index (κ1) is 16.5. The lowest BCUT2D eigenvalue weighted by Crippen LogP contribution is -2.84. The van der Waals surface area contributed by atoms with E-state index in [1.54, 1.807) is 7.11 Å². The summed E-state index contributed by atoms with van der Waals surface area (Å²) < 4.78 is 11.9. The van der Waals surface area contributed by atoms with Crippen LogP contribution in [-0.4, -0.2) is 33.4 Å². The summed E-state index contributed by atoms with van der Waals surface area (Å²) >= 11 is 3.46. The molecule has 0 aliphatic carbocycles. The summed E-state index contributed by atoms with van der Waals surface area (Å²) in [6.07, 6.45) is 3.43. The van der Waals surface area contributed by atoms with E-state index in [2.05, 4.69) is 34.2 Å². The number of ether oxygens (including phenoxy) is 2. The Hall–Kier alpha value is -0.580. The van der Waals surface area contributed by atoms with Crippen molar-refractivity contribution in [2.45, 2.75) is 26.2 Å². The fourth-order valence-electron chi connectivity index (χ4n) is 1.86. The summed E-state index contributed by atoms with van der Waals surface area (Å²) in [7, 11) is 1.75. The molecule has 0 unspecified atom stereocenters. The van der Waals surface area contributed by atoms with E-state index in [4.69, 9.17) is 9.47 Å². The third kappa shape index (κ3) is 7.55. The molecule has 0 aliphatic heterocycles. The number of rotatable bonds is 10. The average molecular weight is 331 g/mol. The van der Waals surface area contributed by atoms with Crippen LogP contribution < -0.4 is 10.1 Å². The summed E-state index contributed by atoms with van der Waals surface area (Å²) in [5.74, 6) is 0.993. The van der Waals surface area contributed by atoms with Crippen molar-refractivity contribution in [3.05, 3.63) is 28.2 Å². The smallest absolute Gasteiger partial charge is 0.122 e. The van der Waals surface area contributed by atoms with E-state index in [1.165, 1.54) is 18.5 Å². The number of hydrogen-bond acceptors (Lipinski definition) is 2. The van der Waals surface area contributed by atoms with Crippen LogP contribution in [0.15, 0.2) is 22.7 Å². The zero-order valence-corrected chi connectivity index (χ0v) is 13.5. The van der Waals surface area contributed by atoms with Gasteiger partial charge in [0, 0.05) is 18.0 Å². The van der Waals surface area contributed by atoms with Crippen molar-refractivity contribution < 1.29 is 14.8 Å². The number of methoxy groups -OCH3 is 1. The molecule has 0 amide bonds. The number of benzene rings is 1. The van der Waals surface area contributed by atoms with E-state index >= 15 is 0 Å². The normalized spacial score (nSPS) is 10.7. The molecule has 3 nitrogen and oxygen atoms in total. The Labute approximate surface area is 124 Å². The largest absolute Gasteiger partial charge is 0.493 e. The number of nitrogens with two attached hydrogens (primary N) is 1. The molecular weight excluding hydrogens is 306 g/mol. The van der Waals surface area contributed by atoms with E-state index in [0.29, 0.717) is 0 Å². The molecule has 1 aromatic rings. The van der Waals surface area contributed by atoms with Gasteiger partial charge >= 0.3 is 0 Å². The minimum atomic E-state index is 0.800. The van der Waals surface area contributed by atoms with E-state index in [1.807, 2.05) is 12.1 Å². The Morgan fingerprint density at radius 1 is 1.11 bits per heavy atom. The summed E-state index contributed by atoms with van der Waals surface area (Å²) in [6.45, 7) is 6.06. The molecule has 0 saturated heterocycles. The molecule has 0 atom stereocenters. The highest BCUT2D eigenvalue weighted by Crippen LogP contribution is 2.22. The predicted octanol–water partition coefficient (Wildman–Crippen LogP) is 2.52. The topological polar surface area (TPSA) is 35.1 Å². The van der Waals surface area contributed by atoms with Crippen molar-refractivity contribution in [3.63, 3.8) is 0 Å². The molecule has 0 bridgehead atoms. The molecule has 4 heteroatoms. The standard InChI is InChI=1S/C15H24BrNO2/c1-13-12-14(16)6-7-15(13)19-11-4-3-8-17-9-5-10-18-2/h6-7,12,17H,3-5,8-11H2,1-2H3/p+1. The van der Waals surface area contributed by atoms with Crippen LogP contribution in [-0.2, 0) is 4.74 Å². The van der Waals surface area contributed by atoms with Gasteiger partial charge in [-0.3, -0.25) is 0 Å². The van der Waals surface area contributed by atoms with Crippen molar-refractivity contribution in [1.82, 2.24) is 0 Å². The minimum Gasteiger partial charge on any atom is -0.493 e. The van der Waals surface area contributed by atoms with Crippen molar-refractivity contribution in [3.8, 4) is 5.75 Å². The lowest BCUT2D eigenvalue weighted by molar-refractivity contribution is -0.655. The maximum atomic E-state index is 5.78. The Kier molecular flexibility index (Phi) is 8.88. The van der Waals surface area contributed by atoms with Crippen LogP contribution in [0.1, 0.15) is 24.8 Å². The molecular formula is C15H25BrNO2+. The molecule has 0 heterocycles. The van der Waals surface area contributed by atoms with Gasteiger partial charge in [-0.05, 0) is 43.5 Å². The quantitative estimate of drug-likeness (QED) is 0.669. The van der Waals surface area contributed by atoms with Gasteiger partial charge in [0.05, 0.1) is 26.3 Å². The fraction of sp³-hybridized carbons (Fsp3) is 0.600. The maximum absolute atomic E-state index is 5.78. The number of halogens is 1. The van der Waals surface area contributed by atoms with Gasteiger partial charge in [0.15, 0.2) is 0 Å². The molecule has 1 rings (SSSR count). The molecule has 0 spiro atoms. The average Bonchev–Trinajstić information content (AvgIpc) is 2.39. The van der Waals surface area contributed by atoms with Crippen LogP contribution in [0.25, 0.3) is 0 Å². The Bertz CT molecular complexity index is 358. The molecule has 0 saturated carbocycles. The van der Waals surface area contributed by atoms with E-state index in [-0.39, 0.29) is 0 Å². The first-order valence-electron chi connectivity index (χ1n) is 6.93. The summed E-state index contributed by atoms with van der Waals surface area (Å²) in [4.78, 5) is 0. The van der Waals surface area contributed by atoms with Crippen molar-refractivity contribution >= 4 is 15.9 Å². The van der Waals surface area contributed by atoms with Gasteiger partial charge in [-0.1, -0.05) is 15.9 Å². The highest BCUT2D eigenvalue weighted by molar-refractivity contribution is 9.10. The van der Waals surface area contributed by atoms with Crippen LogP contribution in [0.5, 0.6) is 5.75 Å². The number of quaternary nitrogens is 1. The second kappa shape index (κ2) is 10.2.